The van der Waals surface area contributed by atoms with Crippen molar-refractivity contribution in [1.29, 1.82) is 0 Å². The molecule has 2 aliphatic carbocycles. The summed E-state index contributed by atoms with van der Waals surface area (Å²) in [6, 6.07) is 9.49. The van der Waals surface area contributed by atoms with Crippen LogP contribution in [-0.2, 0) is 11.3 Å². The summed E-state index contributed by atoms with van der Waals surface area (Å²) in [4.78, 5) is 24.0. The number of hydrogen-bond donors (Lipinski definition) is 2. The van der Waals surface area contributed by atoms with E-state index in [0.29, 0.717) is 6.54 Å². The van der Waals surface area contributed by atoms with E-state index in [1.807, 2.05) is 30.3 Å². The summed E-state index contributed by atoms with van der Waals surface area (Å²) in [5, 5.41) is 20.3. The van der Waals surface area contributed by atoms with Gasteiger partial charge in [-0.2, -0.15) is 0 Å². The molecule has 2 bridgehead atoms. The summed E-state index contributed by atoms with van der Waals surface area (Å²) in [5.41, 5.74) is 1.29. The lowest BCUT2D eigenvalue weighted by molar-refractivity contribution is -0.144. The molecule has 25 heavy (non-hydrogen) atoms. The average Bonchev–Trinajstić information content (AvgIpc) is 3.31. The molecule has 1 heterocycles. The fourth-order valence-corrected chi connectivity index (χ4v) is 4.33. The van der Waals surface area contributed by atoms with Gasteiger partial charge in [-0.15, -0.1) is 5.10 Å². The van der Waals surface area contributed by atoms with Gasteiger partial charge in [-0.05, 0) is 36.7 Å². The van der Waals surface area contributed by atoms with Crippen molar-refractivity contribution in [2.45, 2.75) is 31.8 Å². The Bertz CT molecular complexity index is 789. The van der Waals surface area contributed by atoms with Crippen LogP contribution in [0.2, 0.25) is 0 Å². The lowest BCUT2D eigenvalue weighted by atomic mass is 9.84. The Kier molecular flexibility index (Phi) is 3.99. The maximum Gasteiger partial charge on any atom is 0.308 e. The van der Waals surface area contributed by atoms with Gasteiger partial charge in [0.05, 0.1) is 18.7 Å². The molecule has 2 aromatic rings. The van der Waals surface area contributed by atoms with Crippen LogP contribution in [0.4, 0.5) is 0 Å². The minimum Gasteiger partial charge on any atom is -0.481 e. The molecule has 0 spiro atoms. The van der Waals surface area contributed by atoms with Crippen molar-refractivity contribution < 1.29 is 14.7 Å². The molecule has 0 unspecified atom stereocenters. The first-order valence-electron chi connectivity index (χ1n) is 8.59. The number of nitrogens with one attached hydrogen (secondary N) is 1. The number of aliphatic carboxylic acids is 1. The Morgan fingerprint density at radius 3 is 2.72 bits per heavy atom. The second-order valence-corrected chi connectivity index (χ2v) is 6.98. The first kappa shape index (κ1) is 15.8. The van der Waals surface area contributed by atoms with E-state index in [4.69, 9.17) is 0 Å². The number of benzene rings is 1. The Hall–Kier alpha value is -2.70. The number of rotatable bonds is 5. The van der Waals surface area contributed by atoms with Crippen LogP contribution in [0.25, 0.3) is 0 Å². The predicted octanol–water partition coefficient (Wildman–Crippen LogP) is 1.56. The van der Waals surface area contributed by atoms with E-state index in [0.717, 1.165) is 24.8 Å². The van der Waals surface area contributed by atoms with Crippen molar-refractivity contribution in [3.8, 4) is 0 Å². The fourth-order valence-electron chi connectivity index (χ4n) is 4.33. The van der Waals surface area contributed by atoms with Crippen LogP contribution in [0.3, 0.4) is 0 Å². The molecule has 1 amide bonds. The highest BCUT2D eigenvalue weighted by Crippen LogP contribution is 2.48. The molecule has 4 atom stereocenters. The molecule has 130 valence electrons. The number of amides is 1. The highest BCUT2D eigenvalue weighted by molar-refractivity contribution is 5.92. The van der Waals surface area contributed by atoms with Crippen molar-refractivity contribution in [1.82, 2.24) is 20.3 Å². The maximum atomic E-state index is 12.5. The molecule has 4 rings (SSSR count). The van der Waals surface area contributed by atoms with Gasteiger partial charge in [-0.25, -0.2) is 4.68 Å². The zero-order chi connectivity index (χ0) is 17.4. The molecule has 2 fully saturated rings. The lowest BCUT2D eigenvalue weighted by Gasteiger charge is -2.28. The number of carbonyl (C=O) groups excluding carboxylic acids is 1. The van der Waals surface area contributed by atoms with E-state index in [-0.39, 0.29) is 29.5 Å². The van der Waals surface area contributed by atoms with Crippen molar-refractivity contribution >= 4 is 11.9 Å². The van der Waals surface area contributed by atoms with E-state index in [1.54, 1.807) is 10.9 Å². The monoisotopic (exact) mass is 340 g/mol. The summed E-state index contributed by atoms with van der Waals surface area (Å²) >= 11 is 0. The number of hydrogen-bond acceptors (Lipinski definition) is 4. The fraction of sp³-hybridized carbons (Fsp3) is 0.444. The van der Waals surface area contributed by atoms with E-state index in [1.165, 1.54) is 0 Å². The molecule has 7 heteroatoms. The van der Waals surface area contributed by atoms with Gasteiger partial charge in [-0.1, -0.05) is 35.5 Å². The van der Waals surface area contributed by atoms with Crippen LogP contribution >= 0.6 is 0 Å². The Balaban J connectivity index is 1.44. The second-order valence-electron chi connectivity index (χ2n) is 6.98. The SMILES string of the molecule is O=C(N[C@@H]1[C@H]2CC[C@@H](C2)[C@@H]1C(=O)O)c1cn(Cc2ccccc2)nn1. The summed E-state index contributed by atoms with van der Waals surface area (Å²) in [6.45, 7) is 0.535. The molecule has 2 aliphatic rings. The van der Waals surface area contributed by atoms with Gasteiger partial charge in [-0.3, -0.25) is 9.59 Å². The number of nitrogens with zero attached hydrogens (tertiary/aromatic N) is 3. The quantitative estimate of drug-likeness (QED) is 0.861. The molecule has 1 aromatic carbocycles. The molecular weight excluding hydrogens is 320 g/mol. The smallest absolute Gasteiger partial charge is 0.308 e. The average molecular weight is 340 g/mol. The third-order valence-corrected chi connectivity index (χ3v) is 5.46. The van der Waals surface area contributed by atoms with Crippen LogP contribution in [0.5, 0.6) is 0 Å². The van der Waals surface area contributed by atoms with E-state index in [9.17, 15) is 14.7 Å². The molecule has 0 radical (unpaired) electrons. The predicted molar refractivity (Wildman–Crippen MR) is 88.8 cm³/mol. The van der Waals surface area contributed by atoms with Crippen molar-refractivity contribution in [3.63, 3.8) is 0 Å². The highest BCUT2D eigenvalue weighted by Gasteiger charge is 2.51. The molecule has 7 nitrogen and oxygen atoms in total. The zero-order valence-corrected chi connectivity index (χ0v) is 13.7. The molecule has 0 saturated heterocycles. The van der Waals surface area contributed by atoms with Crippen LogP contribution in [0.15, 0.2) is 36.5 Å². The zero-order valence-electron chi connectivity index (χ0n) is 13.7. The van der Waals surface area contributed by atoms with Crippen molar-refractivity contribution in [2.24, 2.45) is 17.8 Å². The summed E-state index contributed by atoms with van der Waals surface area (Å²) in [6.07, 6.45) is 4.43. The van der Waals surface area contributed by atoms with Gasteiger partial charge in [0.1, 0.15) is 0 Å². The summed E-state index contributed by atoms with van der Waals surface area (Å²) in [5.74, 6) is -1.20. The summed E-state index contributed by atoms with van der Waals surface area (Å²) in [7, 11) is 0. The maximum absolute atomic E-state index is 12.5. The number of carboxylic acid groups (broad SMARTS) is 1. The van der Waals surface area contributed by atoms with Gasteiger partial charge >= 0.3 is 5.97 Å². The van der Waals surface area contributed by atoms with Crippen LogP contribution in [-0.4, -0.2) is 38.0 Å². The molecule has 2 saturated carbocycles. The Morgan fingerprint density at radius 1 is 1.20 bits per heavy atom. The van der Waals surface area contributed by atoms with Crippen LogP contribution in [0, 0.1) is 17.8 Å². The van der Waals surface area contributed by atoms with E-state index >= 15 is 0 Å². The second kappa shape index (κ2) is 6.31. The van der Waals surface area contributed by atoms with Gasteiger partial charge < -0.3 is 10.4 Å². The van der Waals surface area contributed by atoms with Crippen LogP contribution in [0.1, 0.15) is 35.3 Å². The van der Waals surface area contributed by atoms with Gasteiger partial charge in [0.15, 0.2) is 5.69 Å². The number of aromatic nitrogens is 3. The molecule has 1 aromatic heterocycles. The molecule has 2 N–H and O–H groups in total. The topological polar surface area (TPSA) is 97.1 Å². The third-order valence-electron chi connectivity index (χ3n) is 5.46. The first-order chi connectivity index (χ1) is 12.1. The molecule has 0 aliphatic heterocycles. The number of carbonyl (C=O) groups is 2. The van der Waals surface area contributed by atoms with Gasteiger partial charge in [0.25, 0.3) is 5.91 Å². The summed E-state index contributed by atoms with van der Waals surface area (Å²) < 4.78 is 1.61. The van der Waals surface area contributed by atoms with E-state index in [2.05, 4.69) is 15.6 Å². The molecular formula is C18H20N4O3. The van der Waals surface area contributed by atoms with Crippen molar-refractivity contribution in [2.75, 3.05) is 0 Å². The standard InChI is InChI=1S/C18H20N4O3/c23-17(19-16-13-7-6-12(8-13)15(16)18(24)25)14-10-22(21-20-14)9-11-4-2-1-3-5-11/h1-5,10,12-13,15-16H,6-9H2,(H,19,23)(H,24,25)/t12-,13-,15-,16+/m0/s1. The minimum absolute atomic E-state index is 0.182. The van der Waals surface area contributed by atoms with Gasteiger partial charge in [0, 0.05) is 6.04 Å². The number of fused-ring (bicyclic) bond motifs is 2. The number of carboxylic acids is 1. The van der Waals surface area contributed by atoms with E-state index < -0.39 is 11.9 Å². The Labute approximate surface area is 145 Å². The largest absolute Gasteiger partial charge is 0.481 e. The van der Waals surface area contributed by atoms with Crippen LogP contribution < -0.4 is 5.32 Å². The first-order valence-corrected chi connectivity index (χ1v) is 8.59. The third kappa shape index (κ3) is 3.01. The van der Waals surface area contributed by atoms with Crippen molar-refractivity contribution in [3.05, 3.63) is 47.8 Å². The normalized spacial score (nSPS) is 27.4. The Morgan fingerprint density at radius 2 is 1.96 bits per heavy atom. The minimum atomic E-state index is -0.815. The lowest BCUT2D eigenvalue weighted by Crippen LogP contribution is -2.46. The van der Waals surface area contributed by atoms with Gasteiger partial charge in [0.2, 0.25) is 0 Å². The highest BCUT2D eigenvalue weighted by atomic mass is 16.4.